The molecule has 0 saturated heterocycles. The first kappa shape index (κ1) is 22.0. The van der Waals surface area contributed by atoms with Crippen molar-refractivity contribution in [1.29, 1.82) is 0 Å². The molecule has 1 heterocycles. The smallest absolute Gasteiger partial charge is 0.339 e. The number of allylic oxidation sites excluding steroid dienone is 2. The van der Waals surface area contributed by atoms with Gasteiger partial charge in [-0.15, -0.1) is 0 Å². The van der Waals surface area contributed by atoms with Gasteiger partial charge in [0.05, 0.1) is 13.2 Å². The number of carbonyl (C=O) groups excluding carboxylic acids is 1. The summed E-state index contributed by atoms with van der Waals surface area (Å²) >= 11 is 0. The van der Waals surface area contributed by atoms with Crippen LogP contribution >= 0.6 is 0 Å². The molecule has 0 aliphatic carbocycles. The molecule has 0 atom stereocenters. The van der Waals surface area contributed by atoms with Crippen LogP contribution < -0.4 is 4.74 Å². The molecule has 0 spiro atoms. The summed E-state index contributed by atoms with van der Waals surface area (Å²) in [6.07, 6.45) is 3.61. The van der Waals surface area contributed by atoms with Crippen LogP contribution in [-0.4, -0.2) is 27.6 Å². The van der Waals surface area contributed by atoms with E-state index in [0.29, 0.717) is 48.7 Å². The number of unbranched alkanes of at least 4 members (excludes halogenated alkanes) is 2. The van der Waals surface area contributed by atoms with Crippen molar-refractivity contribution < 1.29 is 26.9 Å². The zero-order valence-electron chi connectivity index (χ0n) is 16.7. The van der Waals surface area contributed by atoms with E-state index in [1.54, 1.807) is 25.1 Å². The van der Waals surface area contributed by atoms with E-state index in [-0.39, 0.29) is 10.9 Å². The Labute approximate surface area is 167 Å². The molecule has 1 aliphatic heterocycles. The van der Waals surface area contributed by atoms with E-state index in [9.17, 15) is 13.2 Å². The first-order valence-electron chi connectivity index (χ1n) is 9.56. The van der Waals surface area contributed by atoms with Crippen LogP contribution in [0.2, 0.25) is 0 Å². The average Bonchev–Trinajstić information content (AvgIpc) is 2.66. The minimum atomic E-state index is -3.77. The van der Waals surface area contributed by atoms with Gasteiger partial charge in [-0.2, -0.15) is 8.42 Å². The molecule has 1 aliphatic rings. The number of hydrogen-bond donors (Lipinski definition) is 0. The van der Waals surface area contributed by atoms with Crippen LogP contribution in [0.15, 0.2) is 41.0 Å². The van der Waals surface area contributed by atoms with Gasteiger partial charge in [-0.3, -0.25) is 0 Å². The molecule has 1 aromatic carbocycles. The molecular weight excluding hydrogens is 380 g/mol. The molecule has 6 nitrogen and oxygen atoms in total. The minimum absolute atomic E-state index is 0.188. The van der Waals surface area contributed by atoms with Gasteiger partial charge >= 0.3 is 16.1 Å². The quantitative estimate of drug-likeness (QED) is 0.244. The van der Waals surface area contributed by atoms with Crippen LogP contribution in [0, 0.1) is 0 Å². The lowest BCUT2D eigenvalue weighted by Gasteiger charge is -2.23. The number of carbonyl (C=O) groups is 1. The van der Waals surface area contributed by atoms with Crippen LogP contribution in [0.5, 0.6) is 5.75 Å². The Morgan fingerprint density at radius 1 is 1.11 bits per heavy atom. The molecule has 28 heavy (non-hydrogen) atoms. The molecule has 0 saturated carbocycles. The maximum Gasteiger partial charge on any atom is 0.339 e. The summed E-state index contributed by atoms with van der Waals surface area (Å²) in [5.74, 6) is 0.762. The van der Waals surface area contributed by atoms with Crippen molar-refractivity contribution >= 4 is 21.7 Å². The highest BCUT2D eigenvalue weighted by atomic mass is 32.2. The summed E-state index contributed by atoms with van der Waals surface area (Å²) in [7, 11) is -3.77. The van der Waals surface area contributed by atoms with Crippen LogP contribution in [0.3, 0.4) is 0 Å². The summed E-state index contributed by atoms with van der Waals surface area (Å²) in [5, 5.41) is 0. The SMILES string of the molecule is C=C(C)C(=O)OCCCCCOc1ccc2c(c1)C(CC)=C(CC)OS2(=O)=O. The first-order valence-corrected chi connectivity index (χ1v) is 11.0. The summed E-state index contributed by atoms with van der Waals surface area (Å²) in [6.45, 7) is 9.88. The molecule has 0 radical (unpaired) electrons. The minimum Gasteiger partial charge on any atom is -0.494 e. The Hall–Kier alpha value is -2.28. The van der Waals surface area contributed by atoms with E-state index in [1.807, 2.05) is 13.8 Å². The fourth-order valence-corrected chi connectivity index (χ4v) is 4.21. The highest BCUT2D eigenvalue weighted by molar-refractivity contribution is 7.87. The fourth-order valence-electron chi connectivity index (χ4n) is 2.95. The highest BCUT2D eigenvalue weighted by Gasteiger charge is 2.30. The summed E-state index contributed by atoms with van der Waals surface area (Å²) in [6, 6.07) is 4.97. The van der Waals surface area contributed by atoms with Crippen LogP contribution in [0.1, 0.15) is 58.4 Å². The number of fused-ring (bicyclic) bond motifs is 1. The number of benzene rings is 1. The standard InChI is InChI=1S/C21H28O6S/c1-5-17-18-14-16(10-11-20(18)28(23,24)27-19(17)6-2)25-12-8-7-9-13-26-21(22)15(3)4/h10-11,14H,3,5-9,12-13H2,1-2,4H3. The first-order chi connectivity index (χ1) is 13.3. The third kappa shape index (κ3) is 5.38. The molecule has 2 rings (SSSR count). The van der Waals surface area contributed by atoms with E-state index >= 15 is 0 Å². The van der Waals surface area contributed by atoms with E-state index in [2.05, 4.69) is 6.58 Å². The molecule has 0 aromatic heterocycles. The fraction of sp³-hybridized carbons (Fsp3) is 0.476. The molecule has 0 amide bonds. The van der Waals surface area contributed by atoms with E-state index in [4.69, 9.17) is 13.7 Å². The maximum absolute atomic E-state index is 12.3. The summed E-state index contributed by atoms with van der Waals surface area (Å²) in [5.41, 5.74) is 1.96. The molecule has 7 heteroatoms. The third-order valence-electron chi connectivity index (χ3n) is 4.41. The van der Waals surface area contributed by atoms with Gasteiger partial charge < -0.3 is 13.7 Å². The predicted molar refractivity (Wildman–Crippen MR) is 107 cm³/mol. The number of hydrogen-bond acceptors (Lipinski definition) is 6. The normalized spacial score (nSPS) is 14.8. The molecule has 0 N–H and O–H groups in total. The van der Waals surface area contributed by atoms with Crippen molar-refractivity contribution in [3.8, 4) is 5.75 Å². The van der Waals surface area contributed by atoms with Gasteiger partial charge in [-0.1, -0.05) is 20.4 Å². The Kier molecular flexibility index (Phi) is 7.69. The average molecular weight is 409 g/mol. The van der Waals surface area contributed by atoms with E-state index in [1.165, 1.54) is 0 Å². The molecule has 0 fully saturated rings. The van der Waals surface area contributed by atoms with Gasteiger partial charge in [-0.05, 0) is 50.8 Å². The third-order valence-corrected chi connectivity index (χ3v) is 5.72. The van der Waals surface area contributed by atoms with Crippen molar-refractivity contribution in [3.05, 3.63) is 41.7 Å². The van der Waals surface area contributed by atoms with E-state index in [0.717, 1.165) is 24.8 Å². The van der Waals surface area contributed by atoms with Crippen molar-refractivity contribution in [1.82, 2.24) is 0 Å². The van der Waals surface area contributed by atoms with Gasteiger partial charge in [0.2, 0.25) is 0 Å². The molecule has 1 aromatic rings. The summed E-state index contributed by atoms with van der Waals surface area (Å²) in [4.78, 5) is 11.5. The number of esters is 1. The largest absolute Gasteiger partial charge is 0.494 e. The van der Waals surface area contributed by atoms with Gasteiger partial charge in [-0.25, -0.2) is 4.79 Å². The lowest BCUT2D eigenvalue weighted by atomic mass is 10.0. The lowest BCUT2D eigenvalue weighted by molar-refractivity contribution is -0.139. The molecule has 154 valence electrons. The van der Waals surface area contributed by atoms with Crippen molar-refractivity contribution in [2.45, 2.75) is 57.8 Å². The summed E-state index contributed by atoms with van der Waals surface area (Å²) < 4.78 is 40.7. The second kappa shape index (κ2) is 9.78. The second-order valence-electron chi connectivity index (χ2n) is 6.63. The monoisotopic (exact) mass is 408 g/mol. The Morgan fingerprint density at radius 3 is 2.46 bits per heavy atom. The zero-order valence-corrected chi connectivity index (χ0v) is 17.6. The van der Waals surface area contributed by atoms with Crippen molar-refractivity contribution in [2.24, 2.45) is 0 Å². The van der Waals surface area contributed by atoms with E-state index < -0.39 is 10.1 Å². The highest BCUT2D eigenvalue weighted by Crippen LogP contribution is 2.39. The lowest BCUT2D eigenvalue weighted by Crippen LogP contribution is -2.15. The van der Waals surface area contributed by atoms with Crippen LogP contribution in [0.4, 0.5) is 0 Å². The van der Waals surface area contributed by atoms with Gasteiger partial charge in [0.1, 0.15) is 16.4 Å². The van der Waals surface area contributed by atoms with Gasteiger partial charge in [0.25, 0.3) is 0 Å². The Bertz CT molecular complexity index is 867. The Morgan fingerprint density at radius 2 is 1.82 bits per heavy atom. The second-order valence-corrected chi connectivity index (χ2v) is 8.14. The van der Waals surface area contributed by atoms with Crippen molar-refractivity contribution in [3.63, 3.8) is 0 Å². The number of rotatable bonds is 10. The van der Waals surface area contributed by atoms with Crippen LogP contribution in [-0.2, 0) is 23.8 Å². The molecular formula is C21H28O6S. The van der Waals surface area contributed by atoms with Crippen LogP contribution in [0.25, 0.3) is 5.57 Å². The van der Waals surface area contributed by atoms with Gasteiger partial charge in [0, 0.05) is 23.1 Å². The maximum atomic E-state index is 12.3. The molecule has 0 bridgehead atoms. The van der Waals surface area contributed by atoms with Gasteiger partial charge in [0.15, 0.2) is 0 Å². The topological polar surface area (TPSA) is 78.9 Å². The van der Waals surface area contributed by atoms with Crippen molar-refractivity contribution in [2.75, 3.05) is 13.2 Å². The Balaban J connectivity index is 1.93. The molecule has 0 unspecified atom stereocenters. The predicted octanol–water partition coefficient (Wildman–Crippen LogP) is 4.61. The zero-order chi connectivity index (χ0) is 20.7. The number of ether oxygens (including phenoxy) is 2.